The fourth-order valence-electron chi connectivity index (χ4n) is 1.10. The fourth-order valence-corrected chi connectivity index (χ4v) is 1.48. The molecule has 0 spiro atoms. The molecule has 2 heteroatoms. The average molecular weight is 226 g/mol. The third-order valence-corrected chi connectivity index (χ3v) is 2.35. The lowest BCUT2D eigenvalue weighted by Crippen LogP contribution is -2.07. The van der Waals surface area contributed by atoms with Crippen molar-refractivity contribution in [2.24, 2.45) is 5.73 Å². The number of benzene rings is 1. The van der Waals surface area contributed by atoms with E-state index in [9.17, 15) is 0 Å². The first-order valence-corrected chi connectivity index (χ1v) is 4.58. The molecular formula is C10H12BrN. The second-order valence-corrected chi connectivity index (χ2v) is 3.68. The molecule has 12 heavy (non-hydrogen) atoms. The highest BCUT2D eigenvalue weighted by Gasteiger charge is 2.04. The zero-order valence-electron chi connectivity index (χ0n) is 7.05. The molecule has 1 rings (SSSR count). The van der Waals surface area contributed by atoms with Crippen LogP contribution >= 0.6 is 15.9 Å². The van der Waals surface area contributed by atoms with E-state index in [4.69, 9.17) is 5.73 Å². The van der Waals surface area contributed by atoms with E-state index in [0.29, 0.717) is 0 Å². The highest BCUT2D eigenvalue weighted by Crippen LogP contribution is 2.21. The van der Waals surface area contributed by atoms with Gasteiger partial charge in [0.2, 0.25) is 0 Å². The molecule has 0 bridgehead atoms. The van der Waals surface area contributed by atoms with Crippen LogP contribution in [0.1, 0.15) is 17.2 Å². The number of rotatable bonds is 2. The third kappa shape index (κ3) is 1.96. The summed E-state index contributed by atoms with van der Waals surface area (Å²) in [5, 5.41) is 0. The topological polar surface area (TPSA) is 26.0 Å². The lowest BCUT2D eigenvalue weighted by atomic mass is 10.0. The van der Waals surface area contributed by atoms with Crippen LogP contribution in [-0.2, 0) is 0 Å². The fraction of sp³-hybridized carbons (Fsp3) is 0.200. The van der Waals surface area contributed by atoms with Gasteiger partial charge in [-0.25, -0.2) is 0 Å². The molecule has 0 aliphatic rings. The van der Waals surface area contributed by atoms with Crippen molar-refractivity contribution in [2.75, 3.05) is 0 Å². The molecule has 0 fully saturated rings. The molecule has 1 aromatic rings. The number of nitrogens with two attached hydrogens (primary N) is 1. The van der Waals surface area contributed by atoms with E-state index in [1.165, 1.54) is 5.56 Å². The summed E-state index contributed by atoms with van der Waals surface area (Å²) in [6.07, 6.45) is 1.74. The van der Waals surface area contributed by atoms with Crippen LogP contribution < -0.4 is 5.73 Å². The van der Waals surface area contributed by atoms with E-state index in [0.717, 1.165) is 10.0 Å². The van der Waals surface area contributed by atoms with Gasteiger partial charge in [-0.1, -0.05) is 28.1 Å². The minimum Gasteiger partial charge on any atom is -0.321 e. The van der Waals surface area contributed by atoms with E-state index in [-0.39, 0.29) is 6.04 Å². The SMILES string of the molecule is C=C[C@@H](N)c1cc(Br)ccc1C. The first kappa shape index (κ1) is 9.49. The molecule has 0 saturated carbocycles. The van der Waals surface area contributed by atoms with Crippen molar-refractivity contribution >= 4 is 15.9 Å². The van der Waals surface area contributed by atoms with Gasteiger partial charge in [-0.2, -0.15) is 0 Å². The monoisotopic (exact) mass is 225 g/mol. The van der Waals surface area contributed by atoms with Gasteiger partial charge in [0.05, 0.1) is 0 Å². The number of hydrogen-bond acceptors (Lipinski definition) is 1. The van der Waals surface area contributed by atoms with Crippen molar-refractivity contribution < 1.29 is 0 Å². The van der Waals surface area contributed by atoms with Crippen molar-refractivity contribution in [2.45, 2.75) is 13.0 Å². The van der Waals surface area contributed by atoms with Crippen LogP contribution in [0.2, 0.25) is 0 Å². The van der Waals surface area contributed by atoms with Gasteiger partial charge in [0, 0.05) is 10.5 Å². The van der Waals surface area contributed by atoms with Gasteiger partial charge in [0.25, 0.3) is 0 Å². The first-order chi connectivity index (χ1) is 5.65. The second kappa shape index (κ2) is 3.87. The molecule has 1 nitrogen and oxygen atoms in total. The van der Waals surface area contributed by atoms with Gasteiger partial charge in [-0.15, -0.1) is 6.58 Å². The summed E-state index contributed by atoms with van der Waals surface area (Å²) >= 11 is 3.40. The Morgan fingerprint density at radius 1 is 1.58 bits per heavy atom. The Hall–Kier alpha value is -0.600. The second-order valence-electron chi connectivity index (χ2n) is 2.76. The van der Waals surface area contributed by atoms with Crippen molar-refractivity contribution in [1.29, 1.82) is 0 Å². The Balaban J connectivity index is 3.12. The normalized spacial score (nSPS) is 12.6. The van der Waals surface area contributed by atoms with Crippen molar-refractivity contribution in [1.82, 2.24) is 0 Å². The van der Waals surface area contributed by atoms with Crippen LogP contribution in [-0.4, -0.2) is 0 Å². The van der Waals surface area contributed by atoms with E-state index >= 15 is 0 Å². The molecule has 64 valence electrons. The molecule has 0 aliphatic heterocycles. The van der Waals surface area contributed by atoms with Crippen molar-refractivity contribution in [3.05, 3.63) is 46.5 Å². The van der Waals surface area contributed by atoms with Crippen LogP contribution in [0, 0.1) is 6.92 Å². The maximum absolute atomic E-state index is 5.83. The summed E-state index contributed by atoms with van der Waals surface area (Å²) in [5.74, 6) is 0. The van der Waals surface area contributed by atoms with Crippen LogP contribution in [0.25, 0.3) is 0 Å². The number of halogens is 1. The van der Waals surface area contributed by atoms with Gasteiger partial charge in [-0.3, -0.25) is 0 Å². The Morgan fingerprint density at radius 3 is 2.83 bits per heavy atom. The zero-order chi connectivity index (χ0) is 9.14. The van der Waals surface area contributed by atoms with Crippen LogP contribution in [0.4, 0.5) is 0 Å². The highest BCUT2D eigenvalue weighted by atomic mass is 79.9. The van der Waals surface area contributed by atoms with E-state index < -0.39 is 0 Å². The summed E-state index contributed by atoms with van der Waals surface area (Å²) in [6, 6.07) is 6.02. The van der Waals surface area contributed by atoms with Crippen LogP contribution in [0.5, 0.6) is 0 Å². The standard InChI is InChI=1S/C10H12BrN/c1-3-10(12)9-6-8(11)5-4-7(9)2/h3-6,10H,1,12H2,2H3/t10-/m1/s1. The molecule has 0 aliphatic carbocycles. The summed E-state index contributed by atoms with van der Waals surface area (Å²) < 4.78 is 1.06. The average Bonchev–Trinajstić information content (AvgIpc) is 2.08. The van der Waals surface area contributed by atoms with Gasteiger partial charge >= 0.3 is 0 Å². The van der Waals surface area contributed by atoms with Crippen LogP contribution in [0.3, 0.4) is 0 Å². The molecule has 0 saturated heterocycles. The predicted octanol–water partition coefficient (Wildman–Crippen LogP) is 2.94. The highest BCUT2D eigenvalue weighted by molar-refractivity contribution is 9.10. The Kier molecular flexibility index (Phi) is 3.06. The van der Waals surface area contributed by atoms with Gasteiger partial charge in [0.1, 0.15) is 0 Å². The molecular weight excluding hydrogens is 214 g/mol. The van der Waals surface area contributed by atoms with Gasteiger partial charge in [-0.05, 0) is 30.2 Å². The first-order valence-electron chi connectivity index (χ1n) is 3.79. The largest absolute Gasteiger partial charge is 0.321 e. The summed E-state index contributed by atoms with van der Waals surface area (Å²) in [7, 11) is 0. The predicted molar refractivity (Wildman–Crippen MR) is 56.0 cm³/mol. The summed E-state index contributed by atoms with van der Waals surface area (Å²) in [4.78, 5) is 0. The molecule has 2 N–H and O–H groups in total. The minimum absolute atomic E-state index is 0.0671. The summed E-state index contributed by atoms with van der Waals surface area (Å²) in [5.41, 5.74) is 8.15. The van der Waals surface area contributed by atoms with E-state index in [2.05, 4.69) is 22.5 Å². The molecule has 0 amide bonds. The van der Waals surface area contributed by atoms with E-state index in [1.54, 1.807) is 6.08 Å². The molecule has 1 aromatic carbocycles. The zero-order valence-corrected chi connectivity index (χ0v) is 8.64. The number of hydrogen-bond donors (Lipinski definition) is 1. The number of aryl methyl sites for hydroxylation is 1. The Morgan fingerprint density at radius 2 is 2.25 bits per heavy atom. The molecule has 1 atom stereocenters. The maximum atomic E-state index is 5.83. The lowest BCUT2D eigenvalue weighted by Gasteiger charge is -2.10. The summed E-state index contributed by atoms with van der Waals surface area (Å²) in [6.45, 7) is 5.71. The van der Waals surface area contributed by atoms with Gasteiger partial charge < -0.3 is 5.73 Å². The smallest absolute Gasteiger partial charge is 0.0481 e. The van der Waals surface area contributed by atoms with Crippen molar-refractivity contribution in [3.8, 4) is 0 Å². The van der Waals surface area contributed by atoms with Gasteiger partial charge in [0.15, 0.2) is 0 Å². The maximum Gasteiger partial charge on any atom is 0.0481 e. The van der Waals surface area contributed by atoms with E-state index in [1.807, 2.05) is 25.1 Å². The van der Waals surface area contributed by atoms with Crippen molar-refractivity contribution in [3.63, 3.8) is 0 Å². The molecule has 0 radical (unpaired) electrons. The molecule has 0 aromatic heterocycles. The molecule has 0 heterocycles. The lowest BCUT2D eigenvalue weighted by molar-refractivity contribution is 0.901. The Bertz CT molecular complexity index is 294. The quantitative estimate of drug-likeness (QED) is 0.771. The Labute approximate surface area is 81.4 Å². The minimum atomic E-state index is -0.0671. The molecule has 0 unspecified atom stereocenters. The van der Waals surface area contributed by atoms with Crippen LogP contribution in [0.15, 0.2) is 35.3 Å². The third-order valence-electron chi connectivity index (χ3n) is 1.85.